The monoisotopic (exact) mass is 501 g/mol. The molecule has 2 aliphatic carbocycles. The number of carbonyl (C=O) groups is 1. The van der Waals surface area contributed by atoms with Crippen molar-refractivity contribution < 1.29 is 18.3 Å². The van der Waals surface area contributed by atoms with E-state index in [4.69, 9.17) is 10.5 Å². The second-order valence-corrected chi connectivity index (χ2v) is 10.2. The first-order valence-electron chi connectivity index (χ1n) is 12.2. The third-order valence-electron chi connectivity index (χ3n) is 7.79. The predicted octanol–water partition coefficient (Wildman–Crippen LogP) is 4.79. The van der Waals surface area contributed by atoms with Crippen LogP contribution in [0.1, 0.15) is 46.4 Å². The molecule has 3 aromatic rings. The molecule has 186 valence electrons. The lowest BCUT2D eigenvalue weighted by Gasteiger charge is -2.38. The van der Waals surface area contributed by atoms with Crippen LogP contribution >= 0.6 is 12.4 Å². The van der Waals surface area contributed by atoms with E-state index in [2.05, 4.69) is 9.88 Å². The van der Waals surface area contributed by atoms with E-state index in [1.807, 2.05) is 6.07 Å². The van der Waals surface area contributed by atoms with E-state index in [0.29, 0.717) is 36.0 Å². The van der Waals surface area contributed by atoms with Gasteiger partial charge < -0.3 is 15.5 Å². The second kappa shape index (κ2) is 9.43. The molecule has 5 nitrogen and oxygen atoms in total. The minimum absolute atomic E-state index is 0. The molecule has 3 aliphatic rings. The van der Waals surface area contributed by atoms with Crippen LogP contribution in [0.2, 0.25) is 0 Å². The Balaban J connectivity index is 0.00000253. The summed E-state index contributed by atoms with van der Waals surface area (Å²) >= 11 is 0. The van der Waals surface area contributed by atoms with Crippen LogP contribution in [-0.2, 0) is 19.3 Å². The Kier molecular flexibility index (Phi) is 6.49. The van der Waals surface area contributed by atoms with Crippen LogP contribution in [0.4, 0.5) is 8.78 Å². The molecule has 2 heterocycles. The molecule has 0 bridgehead atoms. The summed E-state index contributed by atoms with van der Waals surface area (Å²) in [7, 11) is 0. The first kappa shape index (κ1) is 24.1. The molecule has 1 fully saturated rings. The molecule has 8 heteroatoms. The molecule has 35 heavy (non-hydrogen) atoms. The highest BCUT2D eigenvalue weighted by molar-refractivity contribution is 5.95. The molecule has 1 aromatic heterocycles. The van der Waals surface area contributed by atoms with Crippen molar-refractivity contribution in [2.75, 3.05) is 19.7 Å². The summed E-state index contributed by atoms with van der Waals surface area (Å²) in [5.74, 6) is 0.0902. The highest BCUT2D eigenvalue weighted by Gasteiger charge is 2.35. The molecular formula is C27H30ClF2N3O2. The van der Waals surface area contributed by atoms with Crippen LogP contribution in [0.25, 0.3) is 10.9 Å². The number of aromatic nitrogens is 1. The standard InChI is InChI=1S/C27H29F2N3O2.ClH/c28-17-4-8-25-21(10-17)20-9-16(3-7-24(20)31-25)13-32(12-15-1-2-15)18-11-22-19(27(30)33)5-6-23(29)26(22)34-14-18;/h4-6,8,10,15-16,18,31H,1-3,7,9,11-14H2,(H2,30,33);1H/t16-,18-;/m1./s1. The van der Waals surface area contributed by atoms with Gasteiger partial charge in [-0.2, -0.15) is 0 Å². The number of hydrogen-bond donors (Lipinski definition) is 2. The average Bonchev–Trinajstić information content (AvgIpc) is 3.57. The number of amides is 1. The lowest BCUT2D eigenvalue weighted by Crippen LogP contribution is -2.47. The molecule has 1 amide bonds. The summed E-state index contributed by atoms with van der Waals surface area (Å²) in [5, 5.41) is 0.991. The van der Waals surface area contributed by atoms with Crippen LogP contribution in [0.3, 0.4) is 0 Å². The number of benzene rings is 2. The Morgan fingerprint density at radius 2 is 1.86 bits per heavy atom. The Labute approximate surface area is 209 Å². The number of fused-ring (bicyclic) bond motifs is 4. The fraction of sp³-hybridized carbons (Fsp3) is 0.444. The molecule has 1 saturated carbocycles. The van der Waals surface area contributed by atoms with Crippen LogP contribution in [0.5, 0.6) is 5.75 Å². The highest BCUT2D eigenvalue weighted by atomic mass is 35.5. The summed E-state index contributed by atoms with van der Waals surface area (Å²) < 4.78 is 34.2. The van der Waals surface area contributed by atoms with E-state index < -0.39 is 11.7 Å². The zero-order valence-electron chi connectivity index (χ0n) is 19.5. The highest BCUT2D eigenvalue weighted by Crippen LogP contribution is 2.37. The minimum Gasteiger partial charge on any atom is -0.489 e. The third kappa shape index (κ3) is 4.64. The van der Waals surface area contributed by atoms with Crippen LogP contribution in [0.15, 0.2) is 30.3 Å². The van der Waals surface area contributed by atoms with Crippen LogP contribution in [-0.4, -0.2) is 41.5 Å². The van der Waals surface area contributed by atoms with E-state index >= 15 is 0 Å². The molecule has 2 aromatic carbocycles. The SMILES string of the molecule is Cl.NC(=O)c1ccc(F)c2c1C[C@@H](N(CC1CC1)C[C@@H]1CCc3[nH]c4ccc(F)cc4c3C1)CO2. The Hall–Kier alpha value is -2.64. The normalized spacial score (nSPS) is 21.2. The molecule has 2 atom stereocenters. The Bertz CT molecular complexity index is 1270. The number of H-pyrrole nitrogens is 1. The zero-order chi connectivity index (χ0) is 23.4. The topological polar surface area (TPSA) is 71.4 Å². The number of nitrogens with two attached hydrogens (primary N) is 1. The van der Waals surface area contributed by atoms with E-state index in [9.17, 15) is 13.6 Å². The number of aryl methyl sites for hydroxylation is 1. The van der Waals surface area contributed by atoms with Gasteiger partial charge in [0.1, 0.15) is 12.4 Å². The van der Waals surface area contributed by atoms with Crippen molar-refractivity contribution in [1.29, 1.82) is 0 Å². The zero-order valence-corrected chi connectivity index (χ0v) is 20.3. The summed E-state index contributed by atoms with van der Waals surface area (Å²) in [5.41, 5.74) is 9.97. The van der Waals surface area contributed by atoms with Gasteiger partial charge in [-0.25, -0.2) is 8.78 Å². The van der Waals surface area contributed by atoms with Crippen molar-refractivity contribution in [3.8, 4) is 5.75 Å². The number of nitrogens with zero attached hydrogens (tertiary/aromatic N) is 1. The number of carbonyl (C=O) groups excluding carboxylic acids is 1. The van der Waals surface area contributed by atoms with Gasteiger partial charge in [0.2, 0.25) is 5.91 Å². The van der Waals surface area contributed by atoms with Gasteiger partial charge in [0.15, 0.2) is 11.6 Å². The van der Waals surface area contributed by atoms with Crippen molar-refractivity contribution in [3.63, 3.8) is 0 Å². The number of aromatic amines is 1. The van der Waals surface area contributed by atoms with Crippen molar-refractivity contribution in [2.45, 2.75) is 44.6 Å². The van der Waals surface area contributed by atoms with E-state index in [0.717, 1.165) is 43.3 Å². The van der Waals surface area contributed by atoms with Crippen molar-refractivity contribution in [3.05, 3.63) is 64.4 Å². The average molecular weight is 502 g/mol. The second-order valence-electron chi connectivity index (χ2n) is 10.2. The molecular weight excluding hydrogens is 472 g/mol. The first-order valence-corrected chi connectivity index (χ1v) is 12.2. The number of nitrogens with one attached hydrogen (secondary N) is 1. The number of ether oxygens (including phenoxy) is 1. The largest absolute Gasteiger partial charge is 0.489 e. The summed E-state index contributed by atoms with van der Waals surface area (Å²) in [4.78, 5) is 18.0. The molecule has 0 spiro atoms. The third-order valence-corrected chi connectivity index (χ3v) is 7.79. The smallest absolute Gasteiger partial charge is 0.249 e. The van der Waals surface area contributed by atoms with Gasteiger partial charge in [0, 0.05) is 46.9 Å². The van der Waals surface area contributed by atoms with E-state index in [1.54, 1.807) is 6.07 Å². The lowest BCUT2D eigenvalue weighted by atomic mass is 9.85. The van der Waals surface area contributed by atoms with Gasteiger partial charge in [-0.15, -0.1) is 12.4 Å². The van der Waals surface area contributed by atoms with Crippen molar-refractivity contribution in [1.82, 2.24) is 9.88 Å². The van der Waals surface area contributed by atoms with Crippen LogP contribution in [0, 0.1) is 23.5 Å². The van der Waals surface area contributed by atoms with Crippen molar-refractivity contribution in [2.24, 2.45) is 17.6 Å². The molecule has 6 rings (SSSR count). The number of hydrogen-bond acceptors (Lipinski definition) is 3. The minimum atomic E-state index is -0.555. The van der Waals surface area contributed by atoms with Gasteiger partial charge in [-0.05, 0) is 86.3 Å². The summed E-state index contributed by atoms with van der Waals surface area (Å²) in [6.07, 6.45) is 5.94. The summed E-state index contributed by atoms with van der Waals surface area (Å²) in [6, 6.07) is 7.75. The number of primary amides is 1. The Morgan fingerprint density at radius 3 is 2.63 bits per heavy atom. The molecule has 3 N–H and O–H groups in total. The molecule has 1 aliphatic heterocycles. The number of rotatable bonds is 6. The summed E-state index contributed by atoms with van der Waals surface area (Å²) in [6.45, 7) is 2.29. The van der Waals surface area contributed by atoms with Crippen LogP contribution < -0.4 is 10.5 Å². The van der Waals surface area contributed by atoms with Gasteiger partial charge in [-0.1, -0.05) is 0 Å². The van der Waals surface area contributed by atoms with E-state index in [1.165, 1.54) is 42.3 Å². The fourth-order valence-corrected chi connectivity index (χ4v) is 5.85. The van der Waals surface area contributed by atoms with Gasteiger partial charge in [0.25, 0.3) is 0 Å². The maximum absolute atomic E-state index is 14.4. The predicted molar refractivity (Wildman–Crippen MR) is 133 cm³/mol. The molecule has 0 unspecified atom stereocenters. The molecule has 0 radical (unpaired) electrons. The van der Waals surface area contributed by atoms with E-state index in [-0.39, 0.29) is 30.0 Å². The molecule has 0 saturated heterocycles. The lowest BCUT2D eigenvalue weighted by molar-refractivity contribution is 0.0910. The van der Waals surface area contributed by atoms with Gasteiger partial charge >= 0.3 is 0 Å². The van der Waals surface area contributed by atoms with Gasteiger partial charge in [-0.3, -0.25) is 9.69 Å². The maximum atomic E-state index is 14.4. The first-order chi connectivity index (χ1) is 16.5. The fourth-order valence-electron chi connectivity index (χ4n) is 5.85. The van der Waals surface area contributed by atoms with Gasteiger partial charge in [0.05, 0.1) is 0 Å². The number of halogens is 3. The van der Waals surface area contributed by atoms with Crippen molar-refractivity contribution >= 4 is 29.2 Å². The maximum Gasteiger partial charge on any atom is 0.249 e. The Morgan fingerprint density at radius 1 is 1.06 bits per heavy atom. The quantitative estimate of drug-likeness (QED) is 0.510.